The zero-order chi connectivity index (χ0) is 10.3. The lowest BCUT2D eigenvalue weighted by atomic mass is 10.3. The molecule has 0 fully saturated rings. The Hall–Kier alpha value is -1.01. The molecule has 0 aliphatic rings. The molecule has 0 atom stereocenters. The Morgan fingerprint density at radius 1 is 1.46 bits per heavy atom. The number of hydrogen-bond acceptors (Lipinski definition) is 2. The van der Waals surface area contributed by atoms with E-state index in [0.717, 1.165) is 13.0 Å². The highest BCUT2D eigenvalue weighted by atomic mass is 16.1. The summed E-state index contributed by atoms with van der Waals surface area (Å²) in [4.78, 5) is 13.0. The summed E-state index contributed by atoms with van der Waals surface area (Å²) < 4.78 is 0. The molecule has 3 heteroatoms. The lowest BCUT2D eigenvalue weighted by Gasteiger charge is -2.04. The lowest BCUT2D eigenvalue weighted by molar-refractivity contribution is -0.116. The summed E-state index contributed by atoms with van der Waals surface area (Å²) in [5.74, 6) is 5.17. The Kier molecular flexibility index (Phi) is 5.99. The smallest absolute Gasteiger partial charge is 0.296 e. The van der Waals surface area contributed by atoms with Crippen LogP contribution in [0, 0.1) is 11.8 Å². The van der Waals surface area contributed by atoms with Crippen molar-refractivity contribution in [3.05, 3.63) is 0 Å². The second kappa shape index (κ2) is 6.50. The molecule has 0 saturated carbocycles. The van der Waals surface area contributed by atoms with Crippen LogP contribution in [-0.4, -0.2) is 37.5 Å². The number of carbonyl (C=O) groups is 1. The Labute approximate surface area is 80.5 Å². The molecular formula is C10H18N2O. The van der Waals surface area contributed by atoms with Gasteiger partial charge < -0.3 is 10.2 Å². The van der Waals surface area contributed by atoms with Crippen molar-refractivity contribution >= 4 is 5.91 Å². The van der Waals surface area contributed by atoms with E-state index in [9.17, 15) is 4.79 Å². The van der Waals surface area contributed by atoms with Crippen LogP contribution in [0.2, 0.25) is 0 Å². The fourth-order valence-electron chi connectivity index (χ4n) is 0.721. The van der Waals surface area contributed by atoms with Gasteiger partial charge in [-0.2, -0.15) is 0 Å². The normalized spacial score (nSPS) is 9.69. The molecule has 3 nitrogen and oxygen atoms in total. The van der Waals surface area contributed by atoms with Crippen molar-refractivity contribution < 1.29 is 4.79 Å². The van der Waals surface area contributed by atoms with Crippen molar-refractivity contribution in [1.29, 1.82) is 0 Å². The molecule has 0 bridgehead atoms. The average molecular weight is 182 g/mol. The largest absolute Gasteiger partial charge is 0.343 e. The van der Waals surface area contributed by atoms with Crippen LogP contribution in [0.3, 0.4) is 0 Å². The van der Waals surface area contributed by atoms with E-state index < -0.39 is 0 Å². The van der Waals surface area contributed by atoms with E-state index >= 15 is 0 Å². The Balaban J connectivity index is 3.64. The number of hydrogen-bond donors (Lipinski definition) is 1. The van der Waals surface area contributed by atoms with Gasteiger partial charge in [-0.3, -0.25) is 4.79 Å². The van der Waals surface area contributed by atoms with E-state index in [-0.39, 0.29) is 11.9 Å². The van der Waals surface area contributed by atoms with Crippen LogP contribution in [0.15, 0.2) is 0 Å². The highest BCUT2D eigenvalue weighted by Gasteiger charge is 1.96. The molecular weight excluding hydrogens is 164 g/mol. The summed E-state index contributed by atoms with van der Waals surface area (Å²) in [5, 5.41) is 2.70. The van der Waals surface area contributed by atoms with Gasteiger partial charge in [-0.15, -0.1) is 0 Å². The molecule has 0 radical (unpaired) electrons. The van der Waals surface area contributed by atoms with Crippen LogP contribution < -0.4 is 5.32 Å². The third kappa shape index (κ3) is 8.90. The van der Waals surface area contributed by atoms with E-state index in [0.29, 0.717) is 0 Å². The molecule has 0 unspecified atom stereocenters. The molecule has 0 heterocycles. The van der Waals surface area contributed by atoms with Crippen molar-refractivity contribution in [1.82, 2.24) is 10.2 Å². The van der Waals surface area contributed by atoms with E-state index in [4.69, 9.17) is 0 Å². The molecule has 0 spiro atoms. The van der Waals surface area contributed by atoms with Gasteiger partial charge in [-0.1, -0.05) is 5.92 Å². The minimum Gasteiger partial charge on any atom is -0.343 e. The Bertz CT molecular complexity index is 211. The van der Waals surface area contributed by atoms with E-state index in [1.54, 1.807) is 0 Å². The monoisotopic (exact) mass is 182 g/mol. The van der Waals surface area contributed by atoms with Crippen LogP contribution in [0.4, 0.5) is 0 Å². The van der Waals surface area contributed by atoms with Crippen molar-refractivity contribution in [3.8, 4) is 11.8 Å². The highest BCUT2D eigenvalue weighted by molar-refractivity contribution is 5.93. The van der Waals surface area contributed by atoms with E-state index in [2.05, 4.69) is 17.2 Å². The molecule has 1 N–H and O–H groups in total. The van der Waals surface area contributed by atoms with Crippen molar-refractivity contribution in [2.75, 3.05) is 20.6 Å². The van der Waals surface area contributed by atoms with Gasteiger partial charge in [0.15, 0.2) is 0 Å². The van der Waals surface area contributed by atoms with Gasteiger partial charge in [-0.25, -0.2) is 0 Å². The van der Waals surface area contributed by atoms with Gasteiger partial charge in [0.2, 0.25) is 0 Å². The van der Waals surface area contributed by atoms with Gasteiger partial charge in [0.25, 0.3) is 5.91 Å². The van der Waals surface area contributed by atoms with E-state index in [1.165, 1.54) is 0 Å². The van der Waals surface area contributed by atoms with E-state index in [1.807, 2.05) is 32.8 Å². The maximum atomic E-state index is 11.0. The maximum Gasteiger partial charge on any atom is 0.296 e. The molecule has 0 aromatic rings. The van der Waals surface area contributed by atoms with Crippen LogP contribution >= 0.6 is 0 Å². The first kappa shape index (κ1) is 12.0. The maximum absolute atomic E-state index is 11.0. The minimum atomic E-state index is -0.186. The second-order valence-electron chi connectivity index (χ2n) is 3.48. The molecule has 0 rings (SSSR count). The van der Waals surface area contributed by atoms with Gasteiger partial charge >= 0.3 is 0 Å². The summed E-state index contributed by atoms with van der Waals surface area (Å²) in [6.45, 7) is 4.72. The molecule has 0 aliphatic carbocycles. The number of amides is 1. The van der Waals surface area contributed by atoms with Gasteiger partial charge in [0.1, 0.15) is 0 Å². The van der Waals surface area contributed by atoms with Crippen LogP contribution in [0.1, 0.15) is 20.3 Å². The Morgan fingerprint density at radius 2 is 2.08 bits per heavy atom. The summed E-state index contributed by atoms with van der Waals surface area (Å²) in [6, 6.07) is 0.163. The molecule has 74 valence electrons. The summed E-state index contributed by atoms with van der Waals surface area (Å²) in [5.41, 5.74) is 0. The predicted molar refractivity (Wildman–Crippen MR) is 54.2 cm³/mol. The Morgan fingerprint density at radius 3 is 2.54 bits per heavy atom. The minimum absolute atomic E-state index is 0.163. The zero-order valence-electron chi connectivity index (χ0n) is 8.85. The van der Waals surface area contributed by atoms with Crippen molar-refractivity contribution in [2.24, 2.45) is 0 Å². The standard InChI is InChI=1S/C10H18N2O/c1-9(2)11-10(13)7-5-6-8-12(3)4/h9H,6,8H2,1-4H3,(H,11,13). The molecule has 1 amide bonds. The van der Waals surface area contributed by atoms with Gasteiger partial charge in [0, 0.05) is 19.0 Å². The SMILES string of the molecule is CC(C)NC(=O)C#CCCN(C)C. The van der Waals surface area contributed by atoms with Crippen LogP contribution in [0.25, 0.3) is 0 Å². The van der Waals surface area contributed by atoms with Gasteiger partial charge in [-0.05, 0) is 33.9 Å². The molecule has 13 heavy (non-hydrogen) atoms. The van der Waals surface area contributed by atoms with Crippen LogP contribution in [-0.2, 0) is 4.79 Å². The number of carbonyl (C=O) groups excluding carboxylic acids is 1. The summed E-state index contributed by atoms with van der Waals surface area (Å²) >= 11 is 0. The molecule has 0 aromatic heterocycles. The molecule has 0 aliphatic heterocycles. The summed E-state index contributed by atoms with van der Waals surface area (Å²) in [7, 11) is 3.96. The fourth-order valence-corrected chi connectivity index (χ4v) is 0.721. The number of nitrogens with zero attached hydrogens (tertiary/aromatic N) is 1. The zero-order valence-corrected chi connectivity index (χ0v) is 8.85. The van der Waals surface area contributed by atoms with Crippen molar-refractivity contribution in [2.45, 2.75) is 26.3 Å². The second-order valence-corrected chi connectivity index (χ2v) is 3.48. The average Bonchev–Trinajstić information content (AvgIpc) is 1.96. The quantitative estimate of drug-likeness (QED) is 0.643. The molecule has 0 aromatic carbocycles. The first-order chi connectivity index (χ1) is 6.02. The highest BCUT2D eigenvalue weighted by Crippen LogP contribution is 1.80. The number of rotatable bonds is 3. The van der Waals surface area contributed by atoms with Gasteiger partial charge in [0.05, 0.1) is 0 Å². The first-order valence-corrected chi connectivity index (χ1v) is 4.46. The van der Waals surface area contributed by atoms with Crippen molar-refractivity contribution in [3.63, 3.8) is 0 Å². The molecule has 0 saturated heterocycles. The third-order valence-electron chi connectivity index (χ3n) is 1.31. The third-order valence-corrected chi connectivity index (χ3v) is 1.31. The first-order valence-electron chi connectivity index (χ1n) is 4.46. The topological polar surface area (TPSA) is 32.3 Å². The fraction of sp³-hybridized carbons (Fsp3) is 0.700. The lowest BCUT2D eigenvalue weighted by Crippen LogP contribution is -2.28. The predicted octanol–water partition coefficient (Wildman–Crippen LogP) is 0.466. The number of nitrogens with one attached hydrogen (secondary N) is 1. The summed E-state index contributed by atoms with van der Waals surface area (Å²) in [6.07, 6.45) is 0.735. The van der Waals surface area contributed by atoms with Crippen LogP contribution in [0.5, 0.6) is 0 Å².